The summed E-state index contributed by atoms with van der Waals surface area (Å²) in [5.74, 6) is 0. The predicted octanol–water partition coefficient (Wildman–Crippen LogP) is 3.35. The van der Waals surface area contributed by atoms with E-state index < -0.39 is 0 Å². The minimum absolute atomic E-state index is 0.0702. The number of rotatable bonds is 3. The molecule has 1 unspecified atom stereocenters. The number of hydrogen-bond donors (Lipinski definition) is 1. The predicted molar refractivity (Wildman–Crippen MR) is 75.7 cm³/mol. The van der Waals surface area contributed by atoms with Gasteiger partial charge in [-0.1, -0.05) is 60.7 Å². The minimum atomic E-state index is 0.0702. The van der Waals surface area contributed by atoms with Crippen molar-refractivity contribution >= 4 is 0 Å². The summed E-state index contributed by atoms with van der Waals surface area (Å²) in [7, 11) is 0. The van der Waals surface area contributed by atoms with Crippen molar-refractivity contribution in [3.63, 3.8) is 0 Å². The van der Waals surface area contributed by atoms with Crippen LogP contribution in [0, 0.1) is 0 Å². The van der Waals surface area contributed by atoms with Crippen LogP contribution < -0.4 is 5.32 Å². The Bertz CT molecular complexity index is 460. The lowest BCUT2D eigenvalue weighted by atomic mass is 9.67. The lowest BCUT2D eigenvalue weighted by molar-refractivity contribution is 0.266. The van der Waals surface area contributed by atoms with Gasteiger partial charge in [0, 0.05) is 11.5 Å². The highest BCUT2D eigenvalue weighted by Gasteiger charge is 2.40. The molecule has 1 heteroatoms. The Morgan fingerprint density at radius 2 is 1.33 bits per heavy atom. The molecule has 1 aliphatic heterocycles. The molecule has 3 rings (SSSR count). The highest BCUT2D eigenvalue weighted by Crippen LogP contribution is 2.38. The van der Waals surface area contributed by atoms with Crippen LogP contribution in [0.1, 0.15) is 24.5 Å². The number of benzene rings is 2. The van der Waals surface area contributed by atoms with Crippen LogP contribution in [0.2, 0.25) is 0 Å². The van der Waals surface area contributed by atoms with Crippen molar-refractivity contribution in [3.8, 4) is 0 Å². The molecule has 2 aromatic carbocycles. The Balaban J connectivity index is 2.10. The maximum atomic E-state index is 3.58. The SMILES string of the molecule is CC(c1ccccc1)(c1ccccc1)C1CCN1. The summed E-state index contributed by atoms with van der Waals surface area (Å²) in [6.45, 7) is 3.49. The van der Waals surface area contributed by atoms with E-state index in [1.54, 1.807) is 0 Å². The zero-order valence-electron chi connectivity index (χ0n) is 10.8. The molecule has 1 aliphatic rings. The fraction of sp³-hybridized carbons (Fsp3) is 0.294. The highest BCUT2D eigenvalue weighted by atomic mass is 15.0. The Morgan fingerprint density at radius 3 is 1.67 bits per heavy atom. The highest BCUT2D eigenvalue weighted by molar-refractivity contribution is 5.41. The minimum Gasteiger partial charge on any atom is -0.313 e. The smallest absolute Gasteiger partial charge is 0.0328 e. The van der Waals surface area contributed by atoms with E-state index in [1.807, 2.05) is 0 Å². The van der Waals surface area contributed by atoms with Crippen molar-refractivity contribution in [2.45, 2.75) is 24.8 Å². The van der Waals surface area contributed by atoms with Gasteiger partial charge in [0.25, 0.3) is 0 Å². The van der Waals surface area contributed by atoms with E-state index >= 15 is 0 Å². The van der Waals surface area contributed by atoms with Gasteiger partial charge in [-0.05, 0) is 31.0 Å². The summed E-state index contributed by atoms with van der Waals surface area (Å²) in [5, 5.41) is 3.58. The summed E-state index contributed by atoms with van der Waals surface area (Å²) in [5.41, 5.74) is 2.86. The van der Waals surface area contributed by atoms with E-state index in [4.69, 9.17) is 0 Å². The zero-order valence-corrected chi connectivity index (χ0v) is 10.8. The first-order valence-electron chi connectivity index (χ1n) is 6.66. The van der Waals surface area contributed by atoms with E-state index in [1.165, 1.54) is 17.5 Å². The van der Waals surface area contributed by atoms with E-state index in [9.17, 15) is 0 Å². The Hall–Kier alpha value is -1.60. The quantitative estimate of drug-likeness (QED) is 0.863. The molecule has 0 radical (unpaired) electrons. The van der Waals surface area contributed by atoms with Crippen LogP contribution in [0.5, 0.6) is 0 Å². The van der Waals surface area contributed by atoms with Crippen molar-refractivity contribution in [1.82, 2.24) is 5.32 Å². The summed E-state index contributed by atoms with van der Waals surface area (Å²) in [6, 6.07) is 22.2. The van der Waals surface area contributed by atoms with Gasteiger partial charge in [-0.15, -0.1) is 0 Å². The monoisotopic (exact) mass is 237 g/mol. The van der Waals surface area contributed by atoms with E-state index in [2.05, 4.69) is 72.9 Å². The second kappa shape index (κ2) is 4.58. The molecule has 1 saturated heterocycles. The van der Waals surface area contributed by atoms with Crippen molar-refractivity contribution in [1.29, 1.82) is 0 Å². The molecular weight excluding hydrogens is 218 g/mol. The van der Waals surface area contributed by atoms with Gasteiger partial charge in [-0.3, -0.25) is 0 Å². The van der Waals surface area contributed by atoms with Crippen LogP contribution in [0.3, 0.4) is 0 Å². The largest absolute Gasteiger partial charge is 0.313 e. The summed E-state index contributed by atoms with van der Waals surface area (Å²) < 4.78 is 0. The maximum absolute atomic E-state index is 3.58. The van der Waals surface area contributed by atoms with Crippen LogP contribution >= 0.6 is 0 Å². The third-order valence-electron chi connectivity index (χ3n) is 4.27. The van der Waals surface area contributed by atoms with E-state index in [0.717, 1.165) is 6.54 Å². The second-order valence-electron chi connectivity index (χ2n) is 5.23. The lowest BCUT2D eigenvalue weighted by Gasteiger charge is -2.44. The third kappa shape index (κ3) is 1.75. The Morgan fingerprint density at radius 1 is 0.889 bits per heavy atom. The molecule has 1 atom stereocenters. The molecule has 0 aromatic heterocycles. The van der Waals surface area contributed by atoms with Crippen LogP contribution in [-0.4, -0.2) is 12.6 Å². The van der Waals surface area contributed by atoms with Gasteiger partial charge in [-0.25, -0.2) is 0 Å². The summed E-state index contributed by atoms with van der Waals surface area (Å²) in [6.07, 6.45) is 1.25. The normalized spacial score (nSPS) is 19.3. The summed E-state index contributed by atoms with van der Waals surface area (Å²) >= 11 is 0. The van der Waals surface area contributed by atoms with Gasteiger partial charge in [-0.2, -0.15) is 0 Å². The summed E-state index contributed by atoms with van der Waals surface area (Å²) in [4.78, 5) is 0. The molecule has 1 N–H and O–H groups in total. The molecule has 92 valence electrons. The van der Waals surface area contributed by atoms with Gasteiger partial charge < -0.3 is 5.32 Å². The maximum Gasteiger partial charge on any atom is 0.0328 e. The molecule has 1 nitrogen and oxygen atoms in total. The van der Waals surface area contributed by atoms with Crippen molar-refractivity contribution < 1.29 is 0 Å². The fourth-order valence-corrected chi connectivity index (χ4v) is 2.92. The van der Waals surface area contributed by atoms with Gasteiger partial charge in [0.05, 0.1) is 0 Å². The van der Waals surface area contributed by atoms with Crippen LogP contribution in [0.25, 0.3) is 0 Å². The molecule has 0 spiro atoms. The van der Waals surface area contributed by atoms with Gasteiger partial charge >= 0.3 is 0 Å². The van der Waals surface area contributed by atoms with Gasteiger partial charge in [0.15, 0.2) is 0 Å². The molecule has 1 fully saturated rings. The Labute approximate surface area is 109 Å². The average Bonchev–Trinajstić information content (AvgIpc) is 2.38. The molecule has 0 amide bonds. The lowest BCUT2D eigenvalue weighted by Crippen LogP contribution is -2.56. The van der Waals surface area contributed by atoms with Crippen molar-refractivity contribution in [3.05, 3.63) is 71.8 Å². The number of hydrogen-bond acceptors (Lipinski definition) is 1. The topological polar surface area (TPSA) is 12.0 Å². The molecule has 0 aliphatic carbocycles. The molecule has 0 bridgehead atoms. The molecular formula is C17H19N. The van der Waals surface area contributed by atoms with E-state index in [-0.39, 0.29) is 5.41 Å². The van der Waals surface area contributed by atoms with Gasteiger partial charge in [0.1, 0.15) is 0 Å². The molecule has 18 heavy (non-hydrogen) atoms. The van der Waals surface area contributed by atoms with Crippen LogP contribution in [-0.2, 0) is 5.41 Å². The van der Waals surface area contributed by atoms with Gasteiger partial charge in [0.2, 0.25) is 0 Å². The van der Waals surface area contributed by atoms with Crippen LogP contribution in [0.4, 0.5) is 0 Å². The average molecular weight is 237 g/mol. The fourth-order valence-electron chi connectivity index (χ4n) is 2.92. The first kappa shape index (κ1) is 11.5. The van der Waals surface area contributed by atoms with Crippen molar-refractivity contribution in [2.24, 2.45) is 0 Å². The molecule has 1 heterocycles. The number of nitrogens with one attached hydrogen (secondary N) is 1. The van der Waals surface area contributed by atoms with Crippen molar-refractivity contribution in [2.75, 3.05) is 6.54 Å². The van der Waals surface area contributed by atoms with Crippen LogP contribution in [0.15, 0.2) is 60.7 Å². The molecule has 0 saturated carbocycles. The first-order valence-corrected chi connectivity index (χ1v) is 6.66. The standard InChI is InChI=1S/C17H19N/c1-17(16-12-13-18-16,14-8-4-2-5-9-14)15-10-6-3-7-11-15/h2-11,16,18H,12-13H2,1H3. The van der Waals surface area contributed by atoms with E-state index in [0.29, 0.717) is 6.04 Å². The molecule has 2 aromatic rings. The first-order chi connectivity index (χ1) is 8.82. The third-order valence-corrected chi connectivity index (χ3v) is 4.27. The second-order valence-corrected chi connectivity index (χ2v) is 5.23. The zero-order chi connectivity index (χ0) is 12.4. The Kier molecular flexibility index (Phi) is 2.92.